The molecule has 2 heterocycles. The number of carbonyl (C=O) groups is 1. The van der Waals surface area contributed by atoms with Gasteiger partial charge >= 0.3 is 6.18 Å². The number of amides is 1. The molecule has 1 saturated heterocycles. The fourth-order valence-electron chi connectivity index (χ4n) is 3.43. The minimum Gasteiger partial charge on any atom is -0.370 e. The van der Waals surface area contributed by atoms with Crippen LogP contribution in [0.25, 0.3) is 0 Å². The van der Waals surface area contributed by atoms with Gasteiger partial charge in [0.25, 0.3) is 11.8 Å². The molecule has 1 aromatic heterocycles. The molecule has 33 heavy (non-hydrogen) atoms. The summed E-state index contributed by atoms with van der Waals surface area (Å²) in [6.45, 7) is 0.767. The Labute approximate surface area is 192 Å². The monoisotopic (exact) mass is 510 g/mol. The van der Waals surface area contributed by atoms with Crippen molar-refractivity contribution < 1.29 is 31.0 Å². The van der Waals surface area contributed by atoms with Crippen LogP contribution in [0.5, 0.6) is 0 Å². The zero-order valence-electron chi connectivity index (χ0n) is 17.5. The lowest BCUT2D eigenvalue weighted by Crippen LogP contribution is -2.46. The van der Waals surface area contributed by atoms with Gasteiger partial charge in [0.2, 0.25) is 0 Å². The molecular weight excluding hydrogens is 491 g/mol. The van der Waals surface area contributed by atoms with Crippen LogP contribution in [0.2, 0.25) is 5.02 Å². The fraction of sp³-hybridized carbons (Fsp3) is 0.400. The molecule has 2 aromatic rings. The summed E-state index contributed by atoms with van der Waals surface area (Å²) in [4.78, 5) is 18.1. The number of carbonyl (C=O) groups excluding carboxylic acids is 1. The highest BCUT2D eigenvalue weighted by Crippen LogP contribution is 2.41. The van der Waals surface area contributed by atoms with E-state index in [1.807, 2.05) is 0 Å². The number of halogens is 6. The third kappa shape index (κ3) is 5.55. The molecule has 0 bridgehead atoms. The number of aromatic nitrogens is 1. The molecule has 1 fully saturated rings. The van der Waals surface area contributed by atoms with E-state index in [0.29, 0.717) is 6.07 Å². The van der Waals surface area contributed by atoms with Gasteiger partial charge in [-0.15, -0.1) is 0 Å². The van der Waals surface area contributed by atoms with E-state index >= 15 is 0 Å². The summed E-state index contributed by atoms with van der Waals surface area (Å²) in [6, 6.07) is 4.10. The average molecular weight is 511 g/mol. The highest BCUT2D eigenvalue weighted by Gasteiger charge is 2.42. The molecular formula is C20H20ClF5N4O2S. The lowest BCUT2D eigenvalue weighted by molar-refractivity contribution is -0.137. The van der Waals surface area contributed by atoms with Crippen molar-refractivity contribution in [3.63, 3.8) is 0 Å². The molecule has 180 valence electrons. The average Bonchev–Trinajstić information content (AvgIpc) is 2.68. The molecule has 0 saturated carbocycles. The highest BCUT2D eigenvalue weighted by molar-refractivity contribution is 7.91. The first-order chi connectivity index (χ1) is 15.1. The van der Waals surface area contributed by atoms with E-state index in [1.165, 1.54) is 30.2 Å². The molecule has 0 radical (unpaired) electrons. The lowest BCUT2D eigenvalue weighted by atomic mass is 9.94. The summed E-state index contributed by atoms with van der Waals surface area (Å²) in [7, 11) is -3.18. The number of pyridine rings is 1. The van der Waals surface area contributed by atoms with Crippen LogP contribution in [0.3, 0.4) is 0 Å². The van der Waals surface area contributed by atoms with Crippen LogP contribution in [-0.4, -0.2) is 40.4 Å². The van der Waals surface area contributed by atoms with Crippen molar-refractivity contribution in [2.45, 2.75) is 30.5 Å². The number of piperidine rings is 1. The molecule has 0 spiro atoms. The van der Waals surface area contributed by atoms with Gasteiger partial charge in [0.1, 0.15) is 5.03 Å². The second-order valence-electron chi connectivity index (χ2n) is 7.89. The van der Waals surface area contributed by atoms with Gasteiger partial charge in [-0.3, -0.25) is 4.79 Å². The maximum atomic E-state index is 13.9. The third-order valence-corrected chi connectivity index (χ3v) is 6.63. The summed E-state index contributed by atoms with van der Waals surface area (Å²) in [6.07, 6.45) is -3.04. The molecule has 6 nitrogen and oxygen atoms in total. The van der Waals surface area contributed by atoms with Crippen molar-refractivity contribution >= 4 is 38.6 Å². The standard InChI is InChI=1S/C20H20ClF5N4O2S/c1-11-10-30(6-4-19(11,22)23)16-9-14(20(24,25)26)15(21)8-13(16)18(31)29-12-3-5-28-17(7-12)33(2,27)32/h3,5,7-9,11,27H,4,6,10H2,1-2H3,(H,28,29,31)/t11-,33+/m0/s1. The van der Waals surface area contributed by atoms with Gasteiger partial charge in [-0.25, -0.2) is 22.8 Å². The Bertz CT molecular complexity index is 1190. The van der Waals surface area contributed by atoms with E-state index in [2.05, 4.69) is 10.3 Å². The van der Waals surface area contributed by atoms with E-state index in [4.69, 9.17) is 16.4 Å². The van der Waals surface area contributed by atoms with Crippen molar-refractivity contribution in [1.29, 1.82) is 4.78 Å². The summed E-state index contributed by atoms with van der Waals surface area (Å²) < 4.78 is 87.8. The normalized spacial score (nSPS) is 20.2. The van der Waals surface area contributed by atoms with Gasteiger partial charge in [-0.05, 0) is 24.3 Å². The minimum absolute atomic E-state index is 0.0990. The van der Waals surface area contributed by atoms with Gasteiger partial charge in [0.15, 0.2) is 0 Å². The first-order valence-electron chi connectivity index (χ1n) is 9.64. The number of rotatable bonds is 4. The predicted molar refractivity (Wildman–Crippen MR) is 115 cm³/mol. The van der Waals surface area contributed by atoms with Crippen molar-refractivity contribution in [3.8, 4) is 0 Å². The van der Waals surface area contributed by atoms with Crippen LogP contribution in [0.4, 0.5) is 33.3 Å². The Morgan fingerprint density at radius 3 is 2.58 bits per heavy atom. The van der Waals surface area contributed by atoms with E-state index in [9.17, 15) is 31.0 Å². The predicted octanol–water partition coefficient (Wildman–Crippen LogP) is 5.52. The number of benzene rings is 1. The van der Waals surface area contributed by atoms with Gasteiger partial charge < -0.3 is 10.2 Å². The number of anilines is 2. The van der Waals surface area contributed by atoms with Gasteiger partial charge in [-0.2, -0.15) is 13.2 Å². The van der Waals surface area contributed by atoms with Gasteiger partial charge in [-0.1, -0.05) is 18.5 Å². The Balaban J connectivity index is 2.04. The molecule has 0 unspecified atom stereocenters. The molecule has 1 aliphatic rings. The molecule has 2 atom stereocenters. The molecule has 13 heteroatoms. The molecule has 1 aliphatic heterocycles. The minimum atomic E-state index is -4.82. The van der Waals surface area contributed by atoms with Crippen LogP contribution in [0, 0.1) is 10.7 Å². The third-order valence-electron chi connectivity index (χ3n) is 5.30. The molecule has 1 amide bonds. The number of hydrogen-bond acceptors (Lipinski definition) is 5. The Morgan fingerprint density at radius 2 is 2.00 bits per heavy atom. The second kappa shape index (κ2) is 8.71. The number of alkyl halides is 5. The maximum Gasteiger partial charge on any atom is 0.417 e. The van der Waals surface area contributed by atoms with E-state index in [0.717, 1.165) is 12.3 Å². The molecule has 3 rings (SSSR count). The van der Waals surface area contributed by atoms with Gasteiger partial charge in [0.05, 0.1) is 31.6 Å². The van der Waals surface area contributed by atoms with Crippen molar-refractivity contribution in [1.82, 2.24) is 4.98 Å². The summed E-state index contributed by atoms with van der Waals surface area (Å²) in [5.74, 6) is -4.98. The highest BCUT2D eigenvalue weighted by atomic mass is 35.5. The Morgan fingerprint density at radius 1 is 1.33 bits per heavy atom. The summed E-state index contributed by atoms with van der Waals surface area (Å²) >= 11 is 5.82. The van der Waals surface area contributed by atoms with Crippen LogP contribution in [0.15, 0.2) is 35.5 Å². The van der Waals surface area contributed by atoms with Crippen molar-refractivity contribution in [3.05, 3.63) is 46.6 Å². The molecule has 1 aromatic carbocycles. The SMILES string of the molecule is C[C@H]1CN(c2cc(C(F)(F)F)c(Cl)cc2C(=O)Nc2ccnc([S@](C)(=N)=O)c2)CCC1(F)F. The van der Waals surface area contributed by atoms with Crippen LogP contribution in [-0.2, 0) is 15.9 Å². The number of hydrogen-bond donors (Lipinski definition) is 2. The molecule has 2 N–H and O–H groups in total. The largest absolute Gasteiger partial charge is 0.417 e. The first kappa shape index (κ1) is 25.2. The van der Waals surface area contributed by atoms with Crippen molar-refractivity contribution in [2.24, 2.45) is 5.92 Å². The maximum absolute atomic E-state index is 13.9. The van der Waals surface area contributed by atoms with Crippen molar-refractivity contribution in [2.75, 3.05) is 29.6 Å². The van der Waals surface area contributed by atoms with Crippen LogP contribution < -0.4 is 10.2 Å². The lowest BCUT2D eigenvalue weighted by Gasteiger charge is -2.39. The number of nitrogens with zero attached hydrogens (tertiary/aromatic N) is 2. The summed E-state index contributed by atoms with van der Waals surface area (Å²) in [5, 5.41) is 1.64. The zero-order valence-corrected chi connectivity index (χ0v) is 19.0. The van der Waals surface area contributed by atoms with Gasteiger partial charge in [0, 0.05) is 43.6 Å². The first-order valence-corrected chi connectivity index (χ1v) is 12.0. The second-order valence-corrected chi connectivity index (χ2v) is 10.4. The summed E-state index contributed by atoms with van der Waals surface area (Å²) in [5.41, 5.74) is -1.51. The smallest absolute Gasteiger partial charge is 0.370 e. The fourth-order valence-corrected chi connectivity index (χ4v) is 4.31. The Hall–Kier alpha value is -2.47. The molecule has 0 aliphatic carbocycles. The van der Waals surface area contributed by atoms with E-state index in [1.54, 1.807) is 0 Å². The van der Waals surface area contributed by atoms with Crippen LogP contribution in [0.1, 0.15) is 29.3 Å². The quantitative estimate of drug-likeness (QED) is 0.530. The van der Waals surface area contributed by atoms with E-state index < -0.39 is 50.7 Å². The number of nitrogens with one attached hydrogen (secondary N) is 2. The van der Waals surface area contributed by atoms with Crippen LogP contribution >= 0.6 is 11.6 Å². The van der Waals surface area contributed by atoms with E-state index in [-0.39, 0.29) is 35.1 Å². The zero-order chi connectivity index (χ0) is 24.8. The Kier molecular flexibility index (Phi) is 6.64. The topological polar surface area (TPSA) is 86.2 Å².